The van der Waals surface area contributed by atoms with E-state index in [1.54, 1.807) is 25.1 Å². The zero-order valence-electron chi connectivity index (χ0n) is 13.4. The van der Waals surface area contributed by atoms with Gasteiger partial charge in [-0.3, -0.25) is 4.79 Å². The molecule has 1 amide bonds. The van der Waals surface area contributed by atoms with Gasteiger partial charge in [-0.1, -0.05) is 31.4 Å². The first-order valence-electron chi connectivity index (χ1n) is 7.00. The molecule has 0 heterocycles. The van der Waals surface area contributed by atoms with E-state index in [1.165, 1.54) is 13.2 Å². The highest BCUT2D eigenvalue weighted by atomic mass is 16.5. The molecule has 0 bridgehead atoms. The van der Waals surface area contributed by atoms with Crippen LogP contribution in [-0.4, -0.2) is 26.2 Å². The number of para-hydroxylation sites is 1. The number of rotatable bonds is 8. The minimum Gasteiger partial charge on any atom is -0.496 e. The molecule has 0 atom stereocenters. The Hall–Kier alpha value is -3.00. The minimum atomic E-state index is -0.469. The van der Waals surface area contributed by atoms with E-state index >= 15 is 0 Å². The van der Waals surface area contributed by atoms with Gasteiger partial charge in [-0.2, -0.15) is 5.26 Å². The van der Waals surface area contributed by atoms with Crippen molar-refractivity contribution in [2.24, 2.45) is 0 Å². The topological polar surface area (TPSA) is 71.3 Å². The second kappa shape index (κ2) is 9.11. The molecule has 0 radical (unpaired) electrons. The number of nitriles is 1. The summed E-state index contributed by atoms with van der Waals surface area (Å²) in [7, 11) is 1.53. The Morgan fingerprint density at radius 2 is 2.09 bits per heavy atom. The van der Waals surface area contributed by atoms with Gasteiger partial charge in [0.05, 0.1) is 13.7 Å². The summed E-state index contributed by atoms with van der Waals surface area (Å²) < 4.78 is 10.5. The molecule has 120 valence electrons. The van der Waals surface area contributed by atoms with E-state index in [1.807, 2.05) is 12.1 Å². The van der Waals surface area contributed by atoms with Crippen molar-refractivity contribution in [2.75, 3.05) is 20.3 Å². The zero-order valence-corrected chi connectivity index (χ0v) is 13.4. The van der Waals surface area contributed by atoms with E-state index in [0.29, 0.717) is 17.1 Å². The fourth-order valence-corrected chi connectivity index (χ4v) is 1.65. The molecule has 1 N–H and O–H groups in total. The summed E-state index contributed by atoms with van der Waals surface area (Å²) in [5.41, 5.74) is 1.38. The lowest BCUT2D eigenvalue weighted by atomic mass is 10.1. The van der Waals surface area contributed by atoms with Gasteiger partial charge < -0.3 is 14.8 Å². The molecule has 0 fully saturated rings. The van der Waals surface area contributed by atoms with Gasteiger partial charge in [0.15, 0.2) is 0 Å². The predicted octanol–water partition coefficient (Wildman–Crippen LogP) is 2.82. The van der Waals surface area contributed by atoms with Crippen molar-refractivity contribution in [3.63, 3.8) is 0 Å². The lowest BCUT2D eigenvalue weighted by Gasteiger charge is -2.09. The van der Waals surface area contributed by atoms with E-state index in [9.17, 15) is 4.79 Å². The number of allylic oxidation sites excluding steroid dienone is 1. The highest BCUT2D eigenvalue weighted by Crippen LogP contribution is 2.20. The van der Waals surface area contributed by atoms with Gasteiger partial charge in [-0.05, 0) is 24.6 Å². The van der Waals surface area contributed by atoms with E-state index in [2.05, 4.69) is 18.5 Å². The van der Waals surface area contributed by atoms with Crippen molar-refractivity contribution in [3.05, 3.63) is 59.9 Å². The first-order valence-corrected chi connectivity index (χ1v) is 7.00. The molecule has 1 aromatic carbocycles. The first kappa shape index (κ1) is 18.1. The maximum atomic E-state index is 12.0. The standard InChI is InChI=1S/C18H20N2O3/c1-13(2)14(3)23-10-9-20-18(21)16(12-19)11-15-7-5-6-8-17(15)22-4/h5-8,11H,1,3,9-10H2,2,4H3,(H,20,21)/b16-11+. The number of hydrogen-bond acceptors (Lipinski definition) is 4. The number of nitrogens with one attached hydrogen (secondary N) is 1. The molecule has 5 heteroatoms. The van der Waals surface area contributed by atoms with Gasteiger partial charge in [0, 0.05) is 5.56 Å². The second-order valence-corrected chi connectivity index (χ2v) is 4.72. The number of amides is 1. The van der Waals surface area contributed by atoms with Crippen LogP contribution in [-0.2, 0) is 9.53 Å². The van der Waals surface area contributed by atoms with Crippen molar-refractivity contribution in [1.29, 1.82) is 5.26 Å². The quantitative estimate of drug-likeness (QED) is 0.263. The molecule has 0 saturated carbocycles. The molecule has 0 spiro atoms. The van der Waals surface area contributed by atoms with Crippen LogP contribution in [0.1, 0.15) is 12.5 Å². The average molecular weight is 312 g/mol. The molecule has 23 heavy (non-hydrogen) atoms. The molecule has 0 aliphatic rings. The van der Waals surface area contributed by atoms with Crippen LogP contribution in [0.25, 0.3) is 6.08 Å². The third-order valence-corrected chi connectivity index (χ3v) is 2.94. The van der Waals surface area contributed by atoms with Gasteiger partial charge >= 0.3 is 0 Å². The van der Waals surface area contributed by atoms with Crippen molar-refractivity contribution in [3.8, 4) is 11.8 Å². The third-order valence-electron chi connectivity index (χ3n) is 2.94. The smallest absolute Gasteiger partial charge is 0.262 e. The highest BCUT2D eigenvalue weighted by Gasteiger charge is 2.10. The number of methoxy groups -OCH3 is 1. The summed E-state index contributed by atoms with van der Waals surface area (Å²) >= 11 is 0. The summed E-state index contributed by atoms with van der Waals surface area (Å²) in [6, 6.07) is 9.04. The molecule has 0 aliphatic heterocycles. The number of hydrogen-bond donors (Lipinski definition) is 1. The Bertz CT molecular complexity index is 669. The third kappa shape index (κ3) is 5.71. The summed E-state index contributed by atoms with van der Waals surface area (Å²) in [6.07, 6.45) is 1.49. The van der Waals surface area contributed by atoms with Gasteiger partial charge in [-0.15, -0.1) is 0 Å². The Balaban J connectivity index is 2.66. The fraction of sp³-hybridized carbons (Fsp3) is 0.222. The fourth-order valence-electron chi connectivity index (χ4n) is 1.65. The molecule has 1 rings (SSSR count). The largest absolute Gasteiger partial charge is 0.496 e. The Morgan fingerprint density at radius 3 is 2.70 bits per heavy atom. The SMILES string of the molecule is C=C(C)C(=C)OCCNC(=O)/C(C#N)=C/c1ccccc1OC. The molecule has 0 unspecified atom stereocenters. The average Bonchev–Trinajstić information content (AvgIpc) is 2.56. The van der Waals surface area contributed by atoms with Crippen LogP contribution in [0, 0.1) is 11.3 Å². The summed E-state index contributed by atoms with van der Waals surface area (Å²) in [6.45, 7) is 9.68. The molecule has 0 saturated heterocycles. The Morgan fingerprint density at radius 1 is 1.39 bits per heavy atom. The van der Waals surface area contributed by atoms with Crippen LogP contribution in [0.4, 0.5) is 0 Å². The number of carbonyl (C=O) groups is 1. The molecule has 0 aliphatic carbocycles. The lowest BCUT2D eigenvalue weighted by molar-refractivity contribution is -0.117. The molecule has 5 nitrogen and oxygen atoms in total. The number of nitrogens with zero attached hydrogens (tertiary/aromatic N) is 1. The monoisotopic (exact) mass is 312 g/mol. The molecular weight excluding hydrogens is 292 g/mol. The van der Waals surface area contributed by atoms with Crippen molar-refractivity contribution >= 4 is 12.0 Å². The second-order valence-electron chi connectivity index (χ2n) is 4.72. The Labute approximate surface area is 136 Å². The van der Waals surface area contributed by atoms with E-state index < -0.39 is 5.91 Å². The molecule has 0 aromatic heterocycles. The zero-order chi connectivity index (χ0) is 17.2. The van der Waals surface area contributed by atoms with Crippen molar-refractivity contribution < 1.29 is 14.3 Å². The van der Waals surface area contributed by atoms with Crippen LogP contribution >= 0.6 is 0 Å². The van der Waals surface area contributed by atoms with E-state index in [-0.39, 0.29) is 18.7 Å². The lowest BCUT2D eigenvalue weighted by Crippen LogP contribution is -2.28. The van der Waals surface area contributed by atoms with Crippen molar-refractivity contribution in [2.45, 2.75) is 6.92 Å². The molecule has 1 aromatic rings. The molecular formula is C18H20N2O3. The maximum Gasteiger partial charge on any atom is 0.262 e. The van der Waals surface area contributed by atoms with Crippen LogP contribution in [0.5, 0.6) is 5.75 Å². The van der Waals surface area contributed by atoms with Gasteiger partial charge in [0.25, 0.3) is 5.91 Å². The van der Waals surface area contributed by atoms with Crippen LogP contribution in [0.3, 0.4) is 0 Å². The number of benzene rings is 1. The summed E-state index contributed by atoms with van der Waals surface area (Å²) in [4.78, 5) is 12.0. The first-order chi connectivity index (χ1) is 11.0. The summed E-state index contributed by atoms with van der Waals surface area (Å²) in [5.74, 6) is 0.599. The van der Waals surface area contributed by atoms with E-state index in [0.717, 1.165) is 5.57 Å². The van der Waals surface area contributed by atoms with Crippen molar-refractivity contribution in [1.82, 2.24) is 5.32 Å². The number of ether oxygens (including phenoxy) is 2. The van der Waals surface area contributed by atoms with Gasteiger partial charge in [0.2, 0.25) is 0 Å². The predicted molar refractivity (Wildman–Crippen MR) is 89.5 cm³/mol. The maximum absolute atomic E-state index is 12.0. The van der Waals surface area contributed by atoms with Gasteiger partial charge in [-0.25, -0.2) is 0 Å². The Kier molecular flexibility index (Phi) is 7.15. The number of carbonyl (C=O) groups excluding carboxylic acids is 1. The highest BCUT2D eigenvalue weighted by molar-refractivity contribution is 6.01. The minimum absolute atomic E-state index is 0.00627. The van der Waals surface area contributed by atoms with Crippen LogP contribution < -0.4 is 10.1 Å². The van der Waals surface area contributed by atoms with Crippen LogP contribution in [0.2, 0.25) is 0 Å². The van der Waals surface area contributed by atoms with Crippen LogP contribution in [0.15, 0.2) is 54.3 Å². The van der Waals surface area contributed by atoms with E-state index in [4.69, 9.17) is 14.7 Å². The van der Waals surface area contributed by atoms with Gasteiger partial charge in [0.1, 0.15) is 29.8 Å². The normalized spacial score (nSPS) is 10.4. The summed E-state index contributed by atoms with van der Waals surface area (Å²) in [5, 5.41) is 11.8.